The Morgan fingerprint density at radius 3 is 2.52 bits per heavy atom. The standard InChI is InChI=1S/C12H12F3NO4S/c13-12(14,15)5-7-21(17,18)16-8-9-3-4-11(20-9)10-2-1-6-19-10/h1-4,6,16H,5,7-8H2. The fourth-order valence-electron chi connectivity index (χ4n) is 1.53. The van der Waals surface area contributed by atoms with Gasteiger partial charge in [0.2, 0.25) is 10.0 Å². The van der Waals surface area contributed by atoms with Crippen molar-refractivity contribution in [3.05, 3.63) is 36.3 Å². The number of rotatable bonds is 6. The first kappa shape index (κ1) is 15.6. The number of hydrogen-bond acceptors (Lipinski definition) is 4. The van der Waals surface area contributed by atoms with Crippen LogP contribution in [0.25, 0.3) is 11.5 Å². The van der Waals surface area contributed by atoms with Gasteiger partial charge in [-0.2, -0.15) is 13.2 Å². The summed E-state index contributed by atoms with van der Waals surface area (Å²) < 4.78 is 71.3. The van der Waals surface area contributed by atoms with E-state index in [1.807, 2.05) is 0 Å². The molecule has 0 spiro atoms. The normalized spacial score (nSPS) is 12.7. The summed E-state index contributed by atoms with van der Waals surface area (Å²) in [6.45, 7) is -0.221. The number of alkyl halides is 3. The van der Waals surface area contributed by atoms with Crippen molar-refractivity contribution in [1.29, 1.82) is 0 Å². The van der Waals surface area contributed by atoms with Gasteiger partial charge >= 0.3 is 6.18 Å². The van der Waals surface area contributed by atoms with Crippen molar-refractivity contribution in [2.24, 2.45) is 0 Å². The predicted octanol–water partition coefficient (Wildman–Crippen LogP) is 2.91. The molecule has 21 heavy (non-hydrogen) atoms. The van der Waals surface area contributed by atoms with Crippen LogP contribution in [0.15, 0.2) is 39.4 Å². The Kier molecular flexibility index (Phi) is 4.43. The maximum atomic E-state index is 12.0. The summed E-state index contributed by atoms with van der Waals surface area (Å²) in [6, 6.07) is 6.43. The second kappa shape index (κ2) is 5.94. The van der Waals surface area contributed by atoms with E-state index in [9.17, 15) is 21.6 Å². The Balaban J connectivity index is 1.91. The van der Waals surface area contributed by atoms with Crippen molar-refractivity contribution in [3.8, 4) is 11.5 Å². The van der Waals surface area contributed by atoms with Crippen molar-refractivity contribution in [3.63, 3.8) is 0 Å². The van der Waals surface area contributed by atoms with Gasteiger partial charge in [-0.05, 0) is 24.3 Å². The third-order valence-electron chi connectivity index (χ3n) is 2.55. The van der Waals surface area contributed by atoms with Crippen molar-refractivity contribution >= 4 is 10.0 Å². The largest absolute Gasteiger partial charge is 0.461 e. The number of hydrogen-bond donors (Lipinski definition) is 1. The van der Waals surface area contributed by atoms with Gasteiger partial charge in [-0.3, -0.25) is 0 Å². The van der Waals surface area contributed by atoms with Crippen LogP contribution in [-0.4, -0.2) is 20.3 Å². The van der Waals surface area contributed by atoms with Gasteiger partial charge in [0.1, 0.15) is 5.76 Å². The minimum atomic E-state index is -4.51. The van der Waals surface area contributed by atoms with E-state index in [4.69, 9.17) is 8.83 Å². The van der Waals surface area contributed by atoms with Gasteiger partial charge in [-0.25, -0.2) is 13.1 Å². The zero-order chi connectivity index (χ0) is 15.5. The first-order chi connectivity index (χ1) is 9.75. The van der Waals surface area contributed by atoms with Gasteiger partial charge in [0.15, 0.2) is 11.5 Å². The molecule has 0 aliphatic heterocycles. The van der Waals surface area contributed by atoms with E-state index >= 15 is 0 Å². The summed E-state index contributed by atoms with van der Waals surface area (Å²) in [7, 11) is -4.01. The number of sulfonamides is 1. The molecule has 2 aromatic heterocycles. The van der Waals surface area contributed by atoms with Crippen molar-refractivity contribution in [2.75, 3.05) is 5.75 Å². The molecule has 0 fully saturated rings. The first-order valence-electron chi connectivity index (χ1n) is 5.92. The lowest BCUT2D eigenvalue weighted by molar-refractivity contribution is -0.129. The van der Waals surface area contributed by atoms with E-state index in [2.05, 4.69) is 4.72 Å². The third kappa shape index (κ3) is 4.94. The Labute approximate surface area is 118 Å². The molecule has 0 aromatic carbocycles. The van der Waals surface area contributed by atoms with Crippen LogP contribution in [0.2, 0.25) is 0 Å². The smallest absolute Gasteiger partial charge is 0.390 e. The monoisotopic (exact) mass is 323 g/mol. The summed E-state index contributed by atoms with van der Waals surface area (Å²) in [4.78, 5) is 0. The van der Waals surface area contributed by atoms with Crippen LogP contribution in [0.5, 0.6) is 0 Å². The maximum Gasteiger partial charge on any atom is 0.390 e. The van der Waals surface area contributed by atoms with E-state index in [0.29, 0.717) is 11.5 Å². The Morgan fingerprint density at radius 2 is 1.90 bits per heavy atom. The second-order valence-corrected chi connectivity index (χ2v) is 6.17. The molecule has 0 unspecified atom stereocenters. The molecule has 0 aliphatic carbocycles. The highest BCUT2D eigenvalue weighted by Gasteiger charge is 2.29. The molecule has 5 nitrogen and oxygen atoms in total. The number of nitrogens with one attached hydrogen (secondary N) is 1. The molecule has 1 N–H and O–H groups in total. The molecule has 0 saturated heterocycles. The van der Waals surface area contributed by atoms with Gasteiger partial charge in [-0.15, -0.1) is 0 Å². The SMILES string of the molecule is O=S(=O)(CCC(F)(F)F)NCc1ccc(-c2ccco2)o1. The Bertz CT molecular complexity index is 674. The zero-order valence-electron chi connectivity index (χ0n) is 10.7. The number of furan rings is 2. The van der Waals surface area contributed by atoms with E-state index in [-0.39, 0.29) is 12.3 Å². The molecule has 0 saturated carbocycles. The molecule has 0 radical (unpaired) electrons. The van der Waals surface area contributed by atoms with Gasteiger partial charge in [0, 0.05) is 0 Å². The first-order valence-corrected chi connectivity index (χ1v) is 7.57. The summed E-state index contributed by atoms with van der Waals surface area (Å²) in [6.07, 6.45) is -4.44. The summed E-state index contributed by atoms with van der Waals surface area (Å²) in [5.41, 5.74) is 0. The van der Waals surface area contributed by atoms with Crippen molar-refractivity contribution in [2.45, 2.75) is 19.1 Å². The topological polar surface area (TPSA) is 72.5 Å². The highest BCUT2D eigenvalue weighted by atomic mass is 32.2. The van der Waals surface area contributed by atoms with Crippen LogP contribution >= 0.6 is 0 Å². The van der Waals surface area contributed by atoms with Crippen molar-refractivity contribution in [1.82, 2.24) is 4.72 Å². The van der Waals surface area contributed by atoms with Gasteiger partial charge < -0.3 is 8.83 Å². The molecule has 0 atom stereocenters. The van der Waals surface area contributed by atoms with Crippen molar-refractivity contribution < 1.29 is 30.4 Å². The van der Waals surface area contributed by atoms with E-state index < -0.39 is 28.4 Å². The second-order valence-electron chi connectivity index (χ2n) is 4.25. The average molecular weight is 323 g/mol. The Morgan fingerprint density at radius 1 is 1.14 bits per heavy atom. The minimum Gasteiger partial charge on any atom is -0.461 e. The third-order valence-corrected chi connectivity index (χ3v) is 3.87. The summed E-state index contributed by atoms with van der Waals surface area (Å²) in [5, 5.41) is 0. The lowest BCUT2D eigenvalue weighted by Gasteiger charge is -2.07. The highest BCUT2D eigenvalue weighted by Crippen LogP contribution is 2.23. The molecule has 0 aliphatic rings. The lowest BCUT2D eigenvalue weighted by Crippen LogP contribution is -2.28. The Hall–Kier alpha value is -1.74. The van der Waals surface area contributed by atoms with Crippen LogP contribution in [0.4, 0.5) is 13.2 Å². The van der Waals surface area contributed by atoms with E-state index in [0.717, 1.165) is 0 Å². The van der Waals surface area contributed by atoms with Crippen LogP contribution in [0, 0.1) is 0 Å². The molecule has 2 rings (SSSR count). The van der Waals surface area contributed by atoms with Crippen LogP contribution in [0.1, 0.15) is 12.2 Å². The average Bonchev–Trinajstić information content (AvgIpc) is 3.04. The highest BCUT2D eigenvalue weighted by molar-refractivity contribution is 7.89. The molecule has 0 bridgehead atoms. The fourth-order valence-corrected chi connectivity index (χ4v) is 2.53. The number of halogens is 3. The van der Waals surface area contributed by atoms with Crippen LogP contribution in [-0.2, 0) is 16.6 Å². The minimum absolute atomic E-state index is 0.221. The fraction of sp³-hybridized carbons (Fsp3) is 0.333. The molecule has 2 heterocycles. The lowest BCUT2D eigenvalue weighted by atomic mass is 10.3. The van der Waals surface area contributed by atoms with Crippen LogP contribution < -0.4 is 4.72 Å². The maximum absolute atomic E-state index is 12.0. The molecule has 9 heteroatoms. The summed E-state index contributed by atoms with van der Waals surface area (Å²) in [5.74, 6) is 0.144. The van der Waals surface area contributed by atoms with Gasteiger partial charge in [-0.1, -0.05) is 0 Å². The quantitative estimate of drug-likeness (QED) is 0.887. The van der Waals surface area contributed by atoms with Gasteiger partial charge in [0.05, 0.1) is 25.0 Å². The zero-order valence-corrected chi connectivity index (χ0v) is 11.5. The molecule has 0 amide bonds. The van der Waals surface area contributed by atoms with E-state index in [1.54, 1.807) is 18.2 Å². The van der Waals surface area contributed by atoms with E-state index in [1.165, 1.54) is 12.3 Å². The molecular formula is C12H12F3NO4S. The molecule has 2 aromatic rings. The molecular weight excluding hydrogens is 311 g/mol. The summed E-state index contributed by atoms with van der Waals surface area (Å²) >= 11 is 0. The molecule has 116 valence electrons. The predicted molar refractivity (Wildman–Crippen MR) is 67.7 cm³/mol. The van der Waals surface area contributed by atoms with Gasteiger partial charge in [0.25, 0.3) is 0 Å². The van der Waals surface area contributed by atoms with Crippen LogP contribution in [0.3, 0.4) is 0 Å².